The second-order valence-electron chi connectivity index (χ2n) is 3.79. The lowest BCUT2D eigenvalue weighted by molar-refractivity contribution is -0.163. The van der Waals surface area contributed by atoms with Crippen molar-refractivity contribution in [1.82, 2.24) is 4.90 Å². The fourth-order valence-corrected chi connectivity index (χ4v) is 1.76. The van der Waals surface area contributed by atoms with Gasteiger partial charge in [-0.15, -0.1) is 0 Å². The summed E-state index contributed by atoms with van der Waals surface area (Å²) < 4.78 is 5.26. The second-order valence-corrected chi connectivity index (χ2v) is 3.79. The maximum Gasteiger partial charge on any atom is 0.307 e. The number of hydrogen-bond donors (Lipinski definition) is 0. The van der Waals surface area contributed by atoms with Gasteiger partial charge in [-0.05, 0) is 12.8 Å². The zero-order chi connectivity index (χ0) is 11.3. The van der Waals surface area contributed by atoms with Crippen LogP contribution in [0.25, 0.3) is 0 Å². The van der Waals surface area contributed by atoms with Crippen molar-refractivity contribution in [3.05, 3.63) is 0 Å². The highest BCUT2D eigenvalue weighted by Crippen LogP contribution is 2.17. The Morgan fingerprint density at radius 1 is 1.53 bits per heavy atom. The van der Waals surface area contributed by atoms with Crippen LogP contribution >= 0.6 is 0 Å². The number of amides is 1. The summed E-state index contributed by atoms with van der Waals surface area (Å²) in [7, 11) is 0. The van der Waals surface area contributed by atoms with E-state index in [0.717, 1.165) is 19.4 Å². The van der Waals surface area contributed by atoms with Gasteiger partial charge in [-0.1, -0.05) is 13.8 Å². The fourth-order valence-electron chi connectivity index (χ4n) is 1.76. The molecule has 1 aliphatic rings. The molecule has 1 saturated heterocycles. The number of likely N-dealkylation sites (tertiary alicyclic amines) is 1. The first-order valence-corrected chi connectivity index (χ1v) is 5.68. The van der Waals surface area contributed by atoms with Crippen molar-refractivity contribution in [3.8, 4) is 0 Å². The molecular formula is C11H19NO3. The van der Waals surface area contributed by atoms with E-state index in [-0.39, 0.29) is 18.1 Å². The molecule has 15 heavy (non-hydrogen) atoms. The van der Waals surface area contributed by atoms with Crippen molar-refractivity contribution >= 4 is 11.9 Å². The lowest BCUT2D eigenvalue weighted by atomic mass is 10.3. The topological polar surface area (TPSA) is 46.6 Å². The first-order chi connectivity index (χ1) is 7.19. The SMILES string of the molecule is CCCC(=O)OC(CC)N1CCCC1=O. The Balaban J connectivity index is 2.47. The summed E-state index contributed by atoms with van der Waals surface area (Å²) >= 11 is 0. The third-order valence-electron chi connectivity index (χ3n) is 2.53. The van der Waals surface area contributed by atoms with E-state index in [1.807, 2.05) is 13.8 Å². The van der Waals surface area contributed by atoms with Crippen molar-refractivity contribution in [2.24, 2.45) is 0 Å². The van der Waals surface area contributed by atoms with E-state index in [4.69, 9.17) is 4.74 Å². The van der Waals surface area contributed by atoms with E-state index in [9.17, 15) is 9.59 Å². The number of esters is 1. The van der Waals surface area contributed by atoms with Gasteiger partial charge in [-0.25, -0.2) is 0 Å². The van der Waals surface area contributed by atoms with Crippen LogP contribution in [0.3, 0.4) is 0 Å². The molecule has 1 rings (SSSR count). The Labute approximate surface area is 90.6 Å². The molecule has 1 unspecified atom stereocenters. The number of hydrogen-bond acceptors (Lipinski definition) is 3. The first kappa shape index (κ1) is 12.0. The third kappa shape index (κ3) is 3.22. The largest absolute Gasteiger partial charge is 0.441 e. The van der Waals surface area contributed by atoms with E-state index in [0.29, 0.717) is 19.3 Å². The van der Waals surface area contributed by atoms with Gasteiger partial charge >= 0.3 is 5.97 Å². The normalized spacial score (nSPS) is 18.0. The van der Waals surface area contributed by atoms with Crippen LogP contribution in [0.5, 0.6) is 0 Å². The lowest BCUT2D eigenvalue weighted by Crippen LogP contribution is -2.39. The molecule has 1 aliphatic heterocycles. The van der Waals surface area contributed by atoms with Gasteiger partial charge in [0.05, 0.1) is 0 Å². The summed E-state index contributed by atoms with van der Waals surface area (Å²) in [6, 6.07) is 0. The van der Waals surface area contributed by atoms with Gasteiger partial charge in [0.1, 0.15) is 0 Å². The van der Waals surface area contributed by atoms with Gasteiger partial charge in [0.25, 0.3) is 0 Å². The molecule has 0 aromatic rings. The van der Waals surface area contributed by atoms with Crippen LogP contribution < -0.4 is 0 Å². The molecule has 0 bridgehead atoms. The standard InChI is InChI=1S/C11H19NO3/c1-3-6-11(14)15-10(4-2)12-8-5-7-9(12)13/h10H,3-8H2,1-2H3. The highest BCUT2D eigenvalue weighted by molar-refractivity contribution is 5.78. The van der Waals surface area contributed by atoms with Crippen molar-refractivity contribution in [2.75, 3.05) is 6.54 Å². The monoisotopic (exact) mass is 213 g/mol. The molecule has 4 nitrogen and oxygen atoms in total. The quantitative estimate of drug-likeness (QED) is 0.653. The number of rotatable bonds is 5. The summed E-state index contributed by atoms with van der Waals surface area (Å²) in [4.78, 5) is 24.4. The van der Waals surface area contributed by atoms with E-state index in [1.165, 1.54) is 0 Å². The van der Waals surface area contributed by atoms with Gasteiger partial charge in [-0.2, -0.15) is 0 Å². The van der Waals surface area contributed by atoms with Gasteiger partial charge in [0, 0.05) is 25.8 Å². The molecule has 0 radical (unpaired) electrons. The molecule has 4 heteroatoms. The average molecular weight is 213 g/mol. The Kier molecular flexibility index (Phi) is 4.59. The van der Waals surface area contributed by atoms with Crippen LogP contribution in [0.4, 0.5) is 0 Å². The predicted octanol–water partition coefficient (Wildman–Crippen LogP) is 1.69. The summed E-state index contributed by atoms with van der Waals surface area (Å²) in [6.45, 7) is 4.58. The van der Waals surface area contributed by atoms with E-state index in [1.54, 1.807) is 4.90 Å². The molecule has 0 aliphatic carbocycles. The van der Waals surface area contributed by atoms with Crippen molar-refractivity contribution in [3.63, 3.8) is 0 Å². The molecule has 1 fully saturated rings. The van der Waals surface area contributed by atoms with Crippen LogP contribution in [-0.4, -0.2) is 29.5 Å². The minimum absolute atomic E-state index is 0.103. The summed E-state index contributed by atoms with van der Waals surface area (Å²) in [5.41, 5.74) is 0. The molecule has 0 aromatic heterocycles. The van der Waals surface area contributed by atoms with Crippen LogP contribution in [0.2, 0.25) is 0 Å². The Bertz CT molecular complexity index is 240. The molecular weight excluding hydrogens is 194 g/mol. The van der Waals surface area contributed by atoms with E-state index < -0.39 is 0 Å². The summed E-state index contributed by atoms with van der Waals surface area (Å²) in [6.07, 6.45) is 2.99. The summed E-state index contributed by atoms with van der Waals surface area (Å²) in [5.74, 6) is -0.102. The van der Waals surface area contributed by atoms with Gasteiger partial charge in [0.2, 0.25) is 5.91 Å². The van der Waals surface area contributed by atoms with Crippen molar-refractivity contribution in [2.45, 2.75) is 52.2 Å². The molecule has 1 heterocycles. The fraction of sp³-hybridized carbons (Fsp3) is 0.818. The maximum atomic E-state index is 11.4. The average Bonchev–Trinajstić information content (AvgIpc) is 2.61. The predicted molar refractivity (Wildman–Crippen MR) is 56.0 cm³/mol. The smallest absolute Gasteiger partial charge is 0.307 e. The maximum absolute atomic E-state index is 11.4. The number of carbonyl (C=O) groups excluding carboxylic acids is 2. The van der Waals surface area contributed by atoms with Gasteiger partial charge in [0.15, 0.2) is 6.23 Å². The van der Waals surface area contributed by atoms with Gasteiger partial charge < -0.3 is 9.64 Å². The minimum atomic E-state index is -0.348. The van der Waals surface area contributed by atoms with E-state index in [2.05, 4.69) is 0 Å². The number of ether oxygens (including phenoxy) is 1. The minimum Gasteiger partial charge on any atom is -0.441 e. The zero-order valence-corrected chi connectivity index (χ0v) is 9.49. The van der Waals surface area contributed by atoms with Crippen LogP contribution in [0, 0.1) is 0 Å². The second kappa shape index (κ2) is 5.73. The molecule has 1 atom stereocenters. The van der Waals surface area contributed by atoms with Crippen molar-refractivity contribution in [1.29, 1.82) is 0 Å². The van der Waals surface area contributed by atoms with Crippen molar-refractivity contribution < 1.29 is 14.3 Å². The number of carbonyl (C=O) groups is 2. The summed E-state index contributed by atoms with van der Waals surface area (Å²) in [5, 5.41) is 0. The van der Waals surface area contributed by atoms with E-state index >= 15 is 0 Å². The first-order valence-electron chi connectivity index (χ1n) is 5.68. The highest BCUT2D eigenvalue weighted by Gasteiger charge is 2.28. The molecule has 1 amide bonds. The molecule has 86 valence electrons. The molecule has 0 saturated carbocycles. The van der Waals surface area contributed by atoms with Crippen LogP contribution in [0.15, 0.2) is 0 Å². The molecule has 0 aromatic carbocycles. The van der Waals surface area contributed by atoms with Gasteiger partial charge in [-0.3, -0.25) is 9.59 Å². The van der Waals surface area contributed by atoms with Crippen LogP contribution in [0.1, 0.15) is 46.0 Å². The Hall–Kier alpha value is -1.06. The number of nitrogens with zero attached hydrogens (tertiary/aromatic N) is 1. The lowest BCUT2D eigenvalue weighted by Gasteiger charge is -2.26. The Morgan fingerprint density at radius 3 is 2.73 bits per heavy atom. The molecule has 0 spiro atoms. The zero-order valence-electron chi connectivity index (χ0n) is 9.49. The highest BCUT2D eigenvalue weighted by atomic mass is 16.6. The Morgan fingerprint density at radius 2 is 2.27 bits per heavy atom. The van der Waals surface area contributed by atoms with Crippen LogP contribution in [-0.2, 0) is 14.3 Å². The third-order valence-corrected chi connectivity index (χ3v) is 2.53. The molecule has 0 N–H and O–H groups in total.